The average molecular weight is 355 g/mol. The second-order valence-corrected chi connectivity index (χ2v) is 5.35. The fourth-order valence-corrected chi connectivity index (χ4v) is 2.37. The van der Waals surface area contributed by atoms with Gasteiger partial charge in [0.2, 0.25) is 0 Å². The first kappa shape index (κ1) is 13.7. The molecule has 0 saturated heterocycles. The molecule has 7 nitrogen and oxygen atoms in total. The summed E-state index contributed by atoms with van der Waals surface area (Å²) in [6, 6.07) is 6.87. The molecule has 1 heterocycles. The van der Waals surface area contributed by atoms with Crippen LogP contribution >= 0.6 is 0 Å². The van der Waals surface area contributed by atoms with Gasteiger partial charge in [-0.05, 0) is 37.2 Å². The zero-order valence-corrected chi connectivity index (χ0v) is 13.7. The van der Waals surface area contributed by atoms with Crippen molar-refractivity contribution >= 4 is 22.6 Å². The van der Waals surface area contributed by atoms with Crippen LogP contribution in [0, 0.1) is 6.92 Å². The molecule has 0 saturated carbocycles. The monoisotopic (exact) mass is 355 g/mol. The van der Waals surface area contributed by atoms with Gasteiger partial charge in [-0.3, -0.25) is 9.59 Å². The molecule has 132 valence electrons. The average Bonchev–Trinajstić information content (AvgIpc) is 2.65. The molecule has 1 amide bonds. The molecule has 0 aliphatic rings. The van der Waals surface area contributed by atoms with Crippen molar-refractivity contribution in [2.75, 3.05) is 6.54 Å². The highest BCUT2D eigenvalue weighted by Gasteiger charge is 2.18. The number of aliphatic carboxylic acids is 1. The number of aromatic hydroxyl groups is 1. The second kappa shape index (κ2) is 7.10. The Morgan fingerprint density at radius 1 is 1.23 bits per heavy atom. The van der Waals surface area contributed by atoms with E-state index in [0.29, 0.717) is 16.5 Å². The van der Waals surface area contributed by atoms with Gasteiger partial charge < -0.3 is 20.3 Å². The number of amides is 1. The summed E-state index contributed by atoms with van der Waals surface area (Å²) in [6.45, 7) is 1.01. The van der Waals surface area contributed by atoms with Crippen molar-refractivity contribution in [3.05, 3.63) is 59.8 Å². The number of pyridine rings is 1. The van der Waals surface area contributed by atoms with Gasteiger partial charge in [0.25, 0.3) is 5.91 Å². The first-order valence-electron chi connectivity index (χ1n) is 9.06. The van der Waals surface area contributed by atoms with Gasteiger partial charge in [0.15, 0.2) is 11.4 Å². The van der Waals surface area contributed by atoms with E-state index in [0.717, 1.165) is 0 Å². The van der Waals surface area contributed by atoms with E-state index in [9.17, 15) is 14.7 Å². The lowest BCUT2D eigenvalue weighted by molar-refractivity contribution is -0.135. The number of hydrogen-bond acceptors (Lipinski definition) is 5. The van der Waals surface area contributed by atoms with Crippen molar-refractivity contribution in [1.82, 2.24) is 10.3 Å². The molecule has 0 spiro atoms. The van der Waals surface area contributed by atoms with E-state index >= 15 is 0 Å². The Bertz CT molecular complexity index is 1130. The number of fused-ring (bicyclic) bond motifs is 1. The van der Waals surface area contributed by atoms with E-state index in [2.05, 4.69) is 10.3 Å². The third kappa shape index (κ3) is 3.56. The Hall–Kier alpha value is -3.61. The second-order valence-electron chi connectivity index (χ2n) is 5.35. The quantitative estimate of drug-likeness (QED) is 0.649. The number of carboxylic acids is 1. The van der Waals surface area contributed by atoms with Crippen molar-refractivity contribution in [2.24, 2.45) is 0 Å². The highest BCUT2D eigenvalue weighted by atomic mass is 16.5. The Kier molecular flexibility index (Phi) is 3.73. The minimum absolute atomic E-state index is 0.0140. The first-order chi connectivity index (χ1) is 13.7. The molecule has 0 unspecified atom stereocenters. The zero-order valence-electron chi connectivity index (χ0n) is 16.7. The molecule has 1 aromatic heterocycles. The van der Waals surface area contributed by atoms with Gasteiger partial charge in [-0.2, -0.15) is 0 Å². The molecule has 0 atom stereocenters. The smallest absolute Gasteiger partial charge is 0.322 e. The van der Waals surface area contributed by atoms with E-state index in [1.807, 2.05) is 0 Å². The van der Waals surface area contributed by atoms with Crippen LogP contribution in [0.5, 0.6) is 17.2 Å². The van der Waals surface area contributed by atoms with Gasteiger partial charge in [0.1, 0.15) is 18.0 Å². The van der Waals surface area contributed by atoms with Crippen LogP contribution in [0.3, 0.4) is 0 Å². The number of carbonyl (C=O) groups is 2. The van der Waals surface area contributed by atoms with Crippen LogP contribution in [-0.2, 0) is 4.79 Å². The number of carbonyl (C=O) groups excluding carboxylic acids is 1. The van der Waals surface area contributed by atoms with Crippen LogP contribution in [0.4, 0.5) is 0 Å². The van der Waals surface area contributed by atoms with Crippen LogP contribution in [-0.4, -0.2) is 33.6 Å². The molecule has 0 bridgehead atoms. The third-order valence-electron chi connectivity index (χ3n) is 3.55. The minimum atomic E-state index is -1.22. The largest absolute Gasteiger partial charge is 0.505 e. The summed E-state index contributed by atoms with van der Waals surface area (Å²) in [4.78, 5) is 26.8. The van der Waals surface area contributed by atoms with Crippen LogP contribution < -0.4 is 10.1 Å². The minimum Gasteiger partial charge on any atom is -0.505 e. The van der Waals surface area contributed by atoms with E-state index in [4.69, 9.17) is 14.0 Å². The molecule has 0 aliphatic heterocycles. The summed E-state index contributed by atoms with van der Waals surface area (Å²) in [5.74, 6) is -2.17. The summed E-state index contributed by atoms with van der Waals surface area (Å²) >= 11 is 0. The summed E-state index contributed by atoms with van der Waals surface area (Å²) in [6.07, 6.45) is 0. The van der Waals surface area contributed by atoms with Crippen molar-refractivity contribution < 1.29 is 28.7 Å². The number of rotatable bonds is 5. The Labute approximate surface area is 153 Å². The number of aromatic nitrogens is 1. The van der Waals surface area contributed by atoms with Crippen molar-refractivity contribution in [3.63, 3.8) is 0 Å². The molecule has 0 aliphatic carbocycles. The molecule has 26 heavy (non-hydrogen) atoms. The van der Waals surface area contributed by atoms with Gasteiger partial charge in [-0.25, -0.2) is 4.98 Å². The van der Waals surface area contributed by atoms with E-state index in [-0.39, 0.29) is 35.3 Å². The van der Waals surface area contributed by atoms with Crippen molar-refractivity contribution in [1.29, 1.82) is 0 Å². The summed E-state index contributed by atoms with van der Waals surface area (Å²) in [5, 5.41) is 22.0. The molecule has 3 aromatic rings. The molecule has 0 fully saturated rings. The normalized spacial score (nSPS) is 12.1. The molecular formula is C19H16N2O5. The zero-order chi connectivity index (χ0) is 21.3. The number of aryl methyl sites for hydroxylation is 1. The standard InChI is InChI=1S/C19H16N2O5/c1-11-15-9-13(26-12-5-3-2-4-6-12)7-8-14(15)18(24)17(21-11)19(25)20-10-16(22)23/h2-9,24H,10H2,1H3,(H,20,25)(H,22,23)/i2D,5D,6D. The lowest BCUT2D eigenvalue weighted by Crippen LogP contribution is -2.30. The summed E-state index contributed by atoms with van der Waals surface area (Å²) in [7, 11) is 0. The molecule has 0 radical (unpaired) electrons. The topological polar surface area (TPSA) is 109 Å². The molecule has 7 heteroatoms. The predicted octanol–water partition coefficient (Wildman–Crippen LogP) is 2.86. The number of carboxylic acid groups (broad SMARTS) is 1. The lowest BCUT2D eigenvalue weighted by atomic mass is 10.1. The third-order valence-corrected chi connectivity index (χ3v) is 3.55. The van der Waals surface area contributed by atoms with Crippen LogP contribution in [0.1, 0.15) is 20.3 Å². The lowest BCUT2D eigenvalue weighted by Gasteiger charge is -2.12. The number of ether oxygens (including phenoxy) is 1. The number of nitrogens with zero attached hydrogens (tertiary/aromatic N) is 1. The van der Waals surface area contributed by atoms with Crippen molar-refractivity contribution in [3.8, 4) is 17.2 Å². The fraction of sp³-hybridized carbons (Fsp3) is 0.105. The highest BCUT2D eigenvalue weighted by Crippen LogP contribution is 2.33. The van der Waals surface area contributed by atoms with Gasteiger partial charge in [-0.15, -0.1) is 0 Å². The van der Waals surface area contributed by atoms with Crippen molar-refractivity contribution in [2.45, 2.75) is 6.92 Å². The number of benzene rings is 2. The van der Waals surface area contributed by atoms with Gasteiger partial charge in [0.05, 0.1) is 4.11 Å². The first-order valence-corrected chi connectivity index (χ1v) is 7.56. The van der Waals surface area contributed by atoms with E-state index in [1.165, 1.54) is 24.3 Å². The fourth-order valence-electron chi connectivity index (χ4n) is 2.37. The van der Waals surface area contributed by atoms with Gasteiger partial charge in [-0.1, -0.05) is 18.2 Å². The van der Waals surface area contributed by atoms with Crippen LogP contribution in [0.2, 0.25) is 0 Å². The van der Waals surface area contributed by atoms with E-state index < -0.39 is 24.2 Å². The SMILES string of the molecule is [2H]c1cc([2H])c(Oc2ccc3c(O)c(C(=O)NCC(=O)O)nc(C)c3c2)c([2H])c1. The highest BCUT2D eigenvalue weighted by molar-refractivity contribution is 6.03. The van der Waals surface area contributed by atoms with Crippen LogP contribution in [0.15, 0.2) is 48.5 Å². The maximum absolute atomic E-state index is 12.1. The number of nitrogens with one attached hydrogen (secondary N) is 1. The molecule has 3 N–H and O–H groups in total. The molecular weight excluding hydrogens is 336 g/mol. The Morgan fingerprint density at radius 3 is 2.65 bits per heavy atom. The molecule has 2 aromatic carbocycles. The summed E-state index contributed by atoms with van der Waals surface area (Å²) < 4.78 is 28.9. The maximum atomic E-state index is 12.1. The maximum Gasteiger partial charge on any atom is 0.322 e. The number of para-hydroxylation sites is 1. The summed E-state index contributed by atoms with van der Waals surface area (Å²) in [5.41, 5.74) is 0.0975. The van der Waals surface area contributed by atoms with E-state index in [1.54, 1.807) is 13.0 Å². The van der Waals surface area contributed by atoms with Gasteiger partial charge >= 0.3 is 5.97 Å². The number of hydrogen-bond donors (Lipinski definition) is 3. The predicted molar refractivity (Wildman–Crippen MR) is 94.6 cm³/mol. The molecule has 3 rings (SSSR count). The Balaban J connectivity index is 1.99. The Morgan fingerprint density at radius 2 is 1.96 bits per heavy atom. The van der Waals surface area contributed by atoms with Gasteiger partial charge in [0, 0.05) is 16.5 Å². The van der Waals surface area contributed by atoms with Crippen LogP contribution in [0.25, 0.3) is 10.8 Å².